The first-order chi connectivity index (χ1) is 13.8. The number of hydrogen-bond acceptors (Lipinski definition) is 5. The third-order valence-electron chi connectivity index (χ3n) is 4.26. The molecule has 0 radical (unpaired) electrons. The number of para-hydroxylation sites is 2. The molecule has 4 nitrogen and oxygen atoms in total. The molecule has 4 rings (SSSR count). The molecular formula is C23H19NO3S. The van der Waals surface area contributed by atoms with E-state index in [4.69, 9.17) is 14.5 Å². The van der Waals surface area contributed by atoms with Crippen molar-refractivity contribution in [2.45, 2.75) is 13.0 Å². The lowest BCUT2D eigenvalue weighted by molar-refractivity contribution is -0.151. The highest BCUT2D eigenvalue weighted by Crippen LogP contribution is 2.37. The maximum atomic E-state index is 12.6. The van der Waals surface area contributed by atoms with Gasteiger partial charge in [0.15, 0.2) is 0 Å². The molecule has 3 aromatic carbocycles. The van der Waals surface area contributed by atoms with E-state index in [1.807, 2.05) is 78.9 Å². The molecule has 1 atom stereocenters. The number of fused-ring (bicyclic) bond motifs is 1. The van der Waals surface area contributed by atoms with Gasteiger partial charge in [-0.1, -0.05) is 54.6 Å². The van der Waals surface area contributed by atoms with Crippen molar-refractivity contribution in [1.29, 1.82) is 0 Å². The standard InChI is InChI=1S/C23H19NO3S/c1-2-26-23(25)21(16-10-4-3-5-11-16)27-19-14-8-6-12-17(19)22-24-18-13-7-9-15-20(18)28-22/h3-15,21H,2H2,1H3. The number of carbonyl (C=O) groups is 1. The minimum atomic E-state index is -0.836. The van der Waals surface area contributed by atoms with Crippen LogP contribution >= 0.6 is 11.3 Å². The highest BCUT2D eigenvalue weighted by Gasteiger charge is 2.25. The van der Waals surface area contributed by atoms with Gasteiger partial charge >= 0.3 is 5.97 Å². The van der Waals surface area contributed by atoms with E-state index in [9.17, 15) is 4.79 Å². The average molecular weight is 389 g/mol. The predicted molar refractivity (Wildman–Crippen MR) is 112 cm³/mol. The summed E-state index contributed by atoms with van der Waals surface area (Å²) in [5.41, 5.74) is 2.55. The van der Waals surface area contributed by atoms with Crippen molar-refractivity contribution in [3.05, 3.63) is 84.4 Å². The molecule has 4 aromatic rings. The maximum absolute atomic E-state index is 12.6. The Balaban J connectivity index is 1.73. The topological polar surface area (TPSA) is 48.4 Å². The van der Waals surface area contributed by atoms with Gasteiger partial charge in [0, 0.05) is 5.56 Å². The van der Waals surface area contributed by atoms with Gasteiger partial charge in [-0.2, -0.15) is 0 Å². The smallest absolute Gasteiger partial charge is 0.352 e. The second kappa shape index (κ2) is 8.23. The van der Waals surface area contributed by atoms with Crippen LogP contribution in [0.25, 0.3) is 20.8 Å². The summed E-state index contributed by atoms with van der Waals surface area (Å²) < 4.78 is 12.5. The first kappa shape index (κ1) is 18.2. The van der Waals surface area contributed by atoms with Gasteiger partial charge < -0.3 is 9.47 Å². The van der Waals surface area contributed by atoms with Gasteiger partial charge in [0.05, 0.1) is 22.4 Å². The van der Waals surface area contributed by atoms with Crippen LogP contribution < -0.4 is 4.74 Å². The molecule has 0 spiro atoms. The third-order valence-corrected chi connectivity index (χ3v) is 5.33. The van der Waals surface area contributed by atoms with Crippen LogP contribution in [-0.4, -0.2) is 17.6 Å². The fourth-order valence-electron chi connectivity index (χ4n) is 2.96. The van der Waals surface area contributed by atoms with Crippen molar-refractivity contribution in [3.63, 3.8) is 0 Å². The number of hydrogen-bond donors (Lipinski definition) is 0. The number of nitrogens with zero attached hydrogens (tertiary/aromatic N) is 1. The Labute approximate surface area is 167 Å². The Hall–Kier alpha value is -3.18. The number of thiazole rings is 1. The van der Waals surface area contributed by atoms with E-state index in [-0.39, 0.29) is 0 Å². The predicted octanol–water partition coefficient (Wildman–Crippen LogP) is 5.65. The van der Waals surface area contributed by atoms with Crippen molar-refractivity contribution in [2.75, 3.05) is 6.61 Å². The Morgan fingerprint density at radius 1 is 0.964 bits per heavy atom. The number of rotatable bonds is 6. The van der Waals surface area contributed by atoms with E-state index in [0.29, 0.717) is 12.4 Å². The molecule has 1 aromatic heterocycles. The molecule has 140 valence electrons. The van der Waals surface area contributed by atoms with Gasteiger partial charge in [0.2, 0.25) is 6.10 Å². The molecule has 0 aliphatic rings. The Morgan fingerprint density at radius 2 is 1.68 bits per heavy atom. The first-order valence-electron chi connectivity index (χ1n) is 9.09. The van der Waals surface area contributed by atoms with Gasteiger partial charge in [-0.15, -0.1) is 11.3 Å². The van der Waals surface area contributed by atoms with E-state index in [2.05, 4.69) is 0 Å². The van der Waals surface area contributed by atoms with Crippen LogP contribution in [0.4, 0.5) is 0 Å². The molecular weight excluding hydrogens is 370 g/mol. The van der Waals surface area contributed by atoms with Crippen molar-refractivity contribution in [1.82, 2.24) is 4.98 Å². The van der Waals surface area contributed by atoms with Crippen LogP contribution in [0.3, 0.4) is 0 Å². The van der Waals surface area contributed by atoms with Crippen molar-refractivity contribution >= 4 is 27.5 Å². The van der Waals surface area contributed by atoms with Crippen LogP contribution in [0, 0.1) is 0 Å². The number of carbonyl (C=O) groups excluding carboxylic acids is 1. The number of aromatic nitrogens is 1. The second-order valence-corrected chi connectivity index (χ2v) is 7.17. The van der Waals surface area contributed by atoms with E-state index in [1.54, 1.807) is 18.3 Å². The second-order valence-electron chi connectivity index (χ2n) is 6.14. The maximum Gasteiger partial charge on any atom is 0.352 e. The minimum Gasteiger partial charge on any atom is -0.473 e. The molecule has 0 aliphatic carbocycles. The van der Waals surface area contributed by atoms with Crippen molar-refractivity contribution in [3.8, 4) is 16.3 Å². The van der Waals surface area contributed by atoms with Crippen LogP contribution in [0.2, 0.25) is 0 Å². The van der Waals surface area contributed by atoms with Crippen LogP contribution in [0.5, 0.6) is 5.75 Å². The van der Waals surface area contributed by atoms with Crippen LogP contribution in [-0.2, 0) is 9.53 Å². The Morgan fingerprint density at radius 3 is 2.46 bits per heavy atom. The molecule has 0 fully saturated rings. The number of benzene rings is 3. The SMILES string of the molecule is CCOC(=O)C(Oc1ccccc1-c1nc2ccccc2s1)c1ccccc1. The molecule has 0 bridgehead atoms. The van der Waals surface area contributed by atoms with Crippen LogP contribution in [0.1, 0.15) is 18.6 Å². The molecule has 1 unspecified atom stereocenters. The van der Waals surface area contributed by atoms with Gasteiger partial charge in [-0.3, -0.25) is 0 Å². The molecule has 1 heterocycles. The summed E-state index contributed by atoms with van der Waals surface area (Å²) >= 11 is 1.60. The normalized spacial score (nSPS) is 11.9. The van der Waals surface area contributed by atoms with Crippen LogP contribution in [0.15, 0.2) is 78.9 Å². The summed E-state index contributed by atoms with van der Waals surface area (Å²) in [6.07, 6.45) is -0.836. The lowest BCUT2D eigenvalue weighted by atomic mass is 10.1. The van der Waals surface area contributed by atoms with E-state index >= 15 is 0 Å². The van der Waals surface area contributed by atoms with E-state index in [0.717, 1.165) is 26.4 Å². The summed E-state index contributed by atoms with van der Waals surface area (Å²) in [4.78, 5) is 17.3. The number of ether oxygens (including phenoxy) is 2. The highest BCUT2D eigenvalue weighted by molar-refractivity contribution is 7.21. The number of esters is 1. The molecule has 0 saturated carbocycles. The Bertz CT molecular complexity index is 1060. The summed E-state index contributed by atoms with van der Waals surface area (Å²) in [5, 5.41) is 0.854. The zero-order valence-electron chi connectivity index (χ0n) is 15.4. The lowest BCUT2D eigenvalue weighted by Crippen LogP contribution is -2.21. The zero-order chi connectivity index (χ0) is 19.3. The van der Waals surface area contributed by atoms with E-state index < -0.39 is 12.1 Å². The molecule has 0 amide bonds. The van der Waals surface area contributed by atoms with Gasteiger partial charge in [0.1, 0.15) is 10.8 Å². The molecule has 28 heavy (non-hydrogen) atoms. The van der Waals surface area contributed by atoms with Gasteiger partial charge in [0.25, 0.3) is 0 Å². The summed E-state index contributed by atoms with van der Waals surface area (Å²) in [6, 6.07) is 25.0. The monoisotopic (exact) mass is 389 g/mol. The van der Waals surface area contributed by atoms with E-state index in [1.165, 1.54) is 0 Å². The first-order valence-corrected chi connectivity index (χ1v) is 9.91. The summed E-state index contributed by atoms with van der Waals surface area (Å²) in [6.45, 7) is 2.08. The molecule has 0 saturated heterocycles. The largest absolute Gasteiger partial charge is 0.473 e. The molecule has 5 heteroatoms. The minimum absolute atomic E-state index is 0.297. The summed E-state index contributed by atoms with van der Waals surface area (Å²) in [7, 11) is 0. The Kier molecular flexibility index (Phi) is 5.35. The quantitative estimate of drug-likeness (QED) is 0.400. The lowest BCUT2D eigenvalue weighted by Gasteiger charge is -2.19. The van der Waals surface area contributed by atoms with Crippen molar-refractivity contribution < 1.29 is 14.3 Å². The van der Waals surface area contributed by atoms with Gasteiger partial charge in [-0.05, 0) is 31.2 Å². The third kappa shape index (κ3) is 3.75. The zero-order valence-corrected chi connectivity index (χ0v) is 16.2. The van der Waals surface area contributed by atoms with Crippen molar-refractivity contribution in [2.24, 2.45) is 0 Å². The summed E-state index contributed by atoms with van der Waals surface area (Å²) in [5.74, 6) is 0.191. The highest BCUT2D eigenvalue weighted by atomic mass is 32.1. The fourth-order valence-corrected chi connectivity index (χ4v) is 3.95. The van der Waals surface area contributed by atoms with Gasteiger partial charge in [-0.25, -0.2) is 9.78 Å². The fraction of sp³-hybridized carbons (Fsp3) is 0.130. The molecule has 0 aliphatic heterocycles. The molecule has 0 N–H and O–H groups in total. The average Bonchev–Trinajstić information content (AvgIpc) is 3.17.